The molecule has 0 aromatic heterocycles. The third kappa shape index (κ3) is 5.33. The van der Waals surface area contributed by atoms with Gasteiger partial charge in [-0.05, 0) is 51.0 Å². The number of benzene rings is 1. The van der Waals surface area contributed by atoms with Gasteiger partial charge in [0.2, 0.25) is 0 Å². The van der Waals surface area contributed by atoms with Gasteiger partial charge in [-0.25, -0.2) is 4.79 Å². The molecule has 4 nitrogen and oxygen atoms in total. The molecule has 1 aromatic carbocycles. The highest BCUT2D eigenvalue weighted by molar-refractivity contribution is 7.47. The molecule has 1 amide bonds. The van der Waals surface area contributed by atoms with E-state index in [9.17, 15) is 18.0 Å². The largest absolute Gasteiger partial charge is 0.444 e. The first-order valence-electron chi connectivity index (χ1n) is 7.93. The van der Waals surface area contributed by atoms with Crippen molar-refractivity contribution in [3.05, 3.63) is 33.8 Å². The van der Waals surface area contributed by atoms with Gasteiger partial charge in [0.15, 0.2) is 0 Å². The summed E-state index contributed by atoms with van der Waals surface area (Å²) in [6, 6.07) is 0.713. The van der Waals surface area contributed by atoms with E-state index in [2.05, 4.69) is 16.8 Å². The van der Waals surface area contributed by atoms with Crippen LogP contribution in [-0.4, -0.2) is 35.4 Å². The third-order valence-electron chi connectivity index (χ3n) is 3.73. The number of alkyl halides is 3. The predicted octanol–water partition coefficient (Wildman–Crippen LogP) is 6.31. The van der Waals surface area contributed by atoms with Crippen LogP contribution in [0, 0.1) is 0 Å². The Morgan fingerprint density at radius 1 is 1.26 bits per heavy atom. The molecule has 0 radical (unpaired) electrons. The van der Waals surface area contributed by atoms with Gasteiger partial charge in [-0.3, -0.25) is 4.90 Å². The molecule has 1 aliphatic rings. The standard InChI is InChI=1S/C17H17Cl2F3N2O2S/c1-16(2,3)26-15(25)24-5-4-9(6-13(24)17(20,21)22)14-11(18)7-10(23-27)8-12(14)19/h6-8,13H,4-5H2,1-3H3. The van der Waals surface area contributed by atoms with Crippen molar-refractivity contribution in [2.75, 3.05) is 6.54 Å². The van der Waals surface area contributed by atoms with Crippen molar-refractivity contribution in [1.82, 2.24) is 4.90 Å². The fourth-order valence-corrected chi connectivity index (χ4v) is 3.49. The van der Waals surface area contributed by atoms with Crippen molar-refractivity contribution in [2.45, 2.75) is 45.0 Å². The zero-order chi connectivity index (χ0) is 20.6. The molecule has 0 spiro atoms. The van der Waals surface area contributed by atoms with Gasteiger partial charge in [-0.15, -0.1) is 0 Å². The second-order valence-electron chi connectivity index (χ2n) is 6.98. The van der Waals surface area contributed by atoms with Crippen LogP contribution in [0.15, 0.2) is 22.6 Å². The number of rotatable bonds is 2. The molecule has 27 heavy (non-hydrogen) atoms. The van der Waals surface area contributed by atoms with Crippen molar-refractivity contribution in [3.8, 4) is 0 Å². The molecule has 0 N–H and O–H groups in total. The minimum absolute atomic E-state index is 0.135. The van der Waals surface area contributed by atoms with Gasteiger partial charge in [0, 0.05) is 24.5 Å². The Morgan fingerprint density at radius 3 is 2.26 bits per heavy atom. The monoisotopic (exact) mass is 440 g/mol. The lowest BCUT2D eigenvalue weighted by Crippen LogP contribution is -2.51. The average molecular weight is 441 g/mol. The number of hydrogen-bond acceptors (Lipinski definition) is 4. The van der Waals surface area contributed by atoms with E-state index in [1.165, 1.54) is 12.1 Å². The summed E-state index contributed by atoms with van der Waals surface area (Å²) in [6.07, 6.45) is -4.63. The molecule has 0 saturated heterocycles. The van der Waals surface area contributed by atoms with Crippen LogP contribution < -0.4 is 0 Å². The van der Waals surface area contributed by atoms with Crippen molar-refractivity contribution < 1.29 is 22.7 Å². The van der Waals surface area contributed by atoms with Gasteiger partial charge < -0.3 is 4.74 Å². The van der Waals surface area contributed by atoms with E-state index < -0.39 is 23.9 Å². The van der Waals surface area contributed by atoms with E-state index in [-0.39, 0.29) is 28.6 Å². The Hall–Kier alpha value is -1.38. The highest BCUT2D eigenvalue weighted by Crippen LogP contribution is 2.41. The summed E-state index contributed by atoms with van der Waals surface area (Å²) in [7, 11) is 0. The molecule has 1 unspecified atom stereocenters. The summed E-state index contributed by atoms with van der Waals surface area (Å²) < 4.78 is 49.5. The fourth-order valence-electron chi connectivity index (χ4n) is 2.67. The lowest BCUT2D eigenvalue weighted by atomic mass is 9.95. The summed E-state index contributed by atoms with van der Waals surface area (Å²) in [5, 5.41) is 0.285. The van der Waals surface area contributed by atoms with Gasteiger partial charge in [0.1, 0.15) is 11.6 Å². The Balaban J connectivity index is 2.45. The lowest BCUT2D eigenvalue weighted by molar-refractivity contribution is -0.168. The maximum Gasteiger partial charge on any atom is 0.412 e. The number of hydrogen-bond donors (Lipinski definition) is 0. The maximum absolute atomic E-state index is 13.6. The Kier molecular flexibility index (Phi) is 6.44. The summed E-state index contributed by atoms with van der Waals surface area (Å²) in [5.41, 5.74) is -0.00213. The van der Waals surface area contributed by atoms with E-state index in [4.69, 9.17) is 27.9 Å². The molecule has 1 aromatic rings. The van der Waals surface area contributed by atoms with Crippen LogP contribution in [-0.2, 0) is 17.2 Å². The molecule has 10 heteroatoms. The number of nitrogens with zero attached hydrogens (tertiary/aromatic N) is 2. The van der Waals surface area contributed by atoms with Crippen LogP contribution in [0.2, 0.25) is 10.0 Å². The first kappa shape index (κ1) is 21.9. The van der Waals surface area contributed by atoms with Gasteiger partial charge in [-0.1, -0.05) is 23.2 Å². The second kappa shape index (κ2) is 7.93. The van der Waals surface area contributed by atoms with Crippen molar-refractivity contribution >= 4 is 53.0 Å². The topological polar surface area (TPSA) is 41.9 Å². The lowest BCUT2D eigenvalue weighted by Gasteiger charge is -2.36. The van der Waals surface area contributed by atoms with Gasteiger partial charge >= 0.3 is 12.3 Å². The van der Waals surface area contributed by atoms with Crippen molar-refractivity contribution in [3.63, 3.8) is 0 Å². The molecule has 2 rings (SSSR count). The number of amides is 1. The van der Waals surface area contributed by atoms with Gasteiger partial charge in [0.25, 0.3) is 0 Å². The maximum atomic E-state index is 13.6. The molecule has 0 bridgehead atoms. The molecule has 1 heterocycles. The van der Waals surface area contributed by atoms with E-state index in [0.717, 1.165) is 6.08 Å². The molecule has 1 atom stereocenters. The normalized spacial score (nSPS) is 18.1. The van der Waals surface area contributed by atoms with E-state index in [0.29, 0.717) is 16.2 Å². The minimum atomic E-state index is -4.68. The number of ether oxygens (including phenoxy) is 1. The summed E-state index contributed by atoms with van der Waals surface area (Å²) in [6.45, 7) is 4.57. The Labute approximate surface area is 170 Å². The Morgan fingerprint density at radius 2 is 1.81 bits per heavy atom. The molecule has 0 aliphatic carbocycles. The first-order chi connectivity index (χ1) is 12.3. The Bertz CT molecular complexity index is 768. The van der Waals surface area contributed by atoms with Crippen LogP contribution in [0.25, 0.3) is 5.57 Å². The summed E-state index contributed by atoms with van der Waals surface area (Å²) >= 11 is 16.9. The molecule has 1 aliphatic heterocycles. The van der Waals surface area contributed by atoms with Gasteiger partial charge in [-0.2, -0.15) is 17.5 Å². The fraction of sp³-hybridized carbons (Fsp3) is 0.471. The number of carbonyl (C=O) groups is 1. The average Bonchev–Trinajstić information content (AvgIpc) is 2.51. The molecular formula is C17H17Cl2F3N2O2S. The number of carbonyl (C=O) groups excluding carboxylic acids is 1. The third-order valence-corrected chi connectivity index (χ3v) is 4.54. The predicted molar refractivity (Wildman–Crippen MR) is 101 cm³/mol. The SMILES string of the molecule is CC(C)(C)OC(=O)N1CCC(c2c(Cl)cc(N=S)cc2Cl)=CC1C(F)(F)F. The highest BCUT2D eigenvalue weighted by atomic mass is 35.5. The van der Waals surface area contributed by atoms with Gasteiger partial charge in [0.05, 0.1) is 15.7 Å². The second-order valence-corrected chi connectivity index (χ2v) is 7.97. The minimum Gasteiger partial charge on any atom is -0.444 e. The van der Waals surface area contributed by atoms with Crippen molar-refractivity contribution in [2.24, 2.45) is 4.36 Å². The first-order valence-corrected chi connectivity index (χ1v) is 9.05. The molecular weight excluding hydrogens is 424 g/mol. The summed E-state index contributed by atoms with van der Waals surface area (Å²) in [4.78, 5) is 12.9. The van der Waals surface area contributed by atoms with Crippen LogP contribution in [0.5, 0.6) is 0 Å². The van der Waals surface area contributed by atoms with E-state index in [1.807, 2.05) is 0 Å². The van der Waals surface area contributed by atoms with E-state index >= 15 is 0 Å². The summed E-state index contributed by atoms with van der Waals surface area (Å²) in [5.74, 6) is 0. The highest BCUT2D eigenvalue weighted by Gasteiger charge is 2.47. The van der Waals surface area contributed by atoms with Crippen LogP contribution in [0.3, 0.4) is 0 Å². The zero-order valence-corrected chi connectivity index (χ0v) is 17.1. The molecule has 0 saturated carbocycles. The quantitative estimate of drug-likeness (QED) is 0.540. The number of halogens is 5. The molecule has 0 fully saturated rings. The smallest absolute Gasteiger partial charge is 0.412 e. The van der Waals surface area contributed by atoms with Crippen LogP contribution in [0.1, 0.15) is 32.8 Å². The zero-order valence-electron chi connectivity index (χ0n) is 14.7. The van der Waals surface area contributed by atoms with E-state index in [1.54, 1.807) is 20.8 Å². The van der Waals surface area contributed by atoms with Crippen LogP contribution >= 0.6 is 23.2 Å². The molecule has 148 valence electrons. The van der Waals surface area contributed by atoms with Crippen LogP contribution in [0.4, 0.5) is 23.7 Å². The van der Waals surface area contributed by atoms with Crippen molar-refractivity contribution in [1.29, 1.82) is 0 Å².